The molecular weight excluding hydrogens is 1150 g/mol. The van der Waals surface area contributed by atoms with E-state index in [1.165, 1.54) is 122 Å². The molecule has 19 heteroatoms. The molecule has 516 valence electrons. The summed E-state index contributed by atoms with van der Waals surface area (Å²) in [5, 5.41) is 10.6. The number of esters is 4. The van der Waals surface area contributed by atoms with Crippen LogP contribution in [0.15, 0.2) is 0 Å². The Morgan fingerprint density at radius 1 is 0.287 bits per heavy atom. The summed E-state index contributed by atoms with van der Waals surface area (Å²) in [6, 6.07) is 0. The highest BCUT2D eigenvalue weighted by molar-refractivity contribution is 7.47. The molecule has 17 nitrogen and oxygen atoms in total. The fourth-order valence-electron chi connectivity index (χ4n) is 10.1. The zero-order valence-corrected chi connectivity index (χ0v) is 58.4. The minimum absolute atomic E-state index is 0.105. The van der Waals surface area contributed by atoms with Crippen LogP contribution < -0.4 is 0 Å². The molecule has 0 heterocycles. The summed E-state index contributed by atoms with van der Waals surface area (Å²) in [5.74, 6) is 0.781. The average molecular weight is 1280 g/mol. The van der Waals surface area contributed by atoms with Gasteiger partial charge in [0.25, 0.3) is 0 Å². The minimum Gasteiger partial charge on any atom is -0.462 e. The van der Waals surface area contributed by atoms with Crippen LogP contribution in [0.5, 0.6) is 0 Å². The Bertz CT molecular complexity index is 1730. The van der Waals surface area contributed by atoms with Crippen molar-refractivity contribution in [2.75, 3.05) is 39.6 Å². The van der Waals surface area contributed by atoms with E-state index in [1.807, 2.05) is 0 Å². The van der Waals surface area contributed by atoms with Crippen molar-refractivity contribution < 1.29 is 80.2 Å². The Morgan fingerprint density at radius 2 is 0.483 bits per heavy atom. The molecule has 5 atom stereocenters. The lowest BCUT2D eigenvalue weighted by Crippen LogP contribution is -2.30. The first-order valence-corrected chi connectivity index (χ1v) is 38.2. The van der Waals surface area contributed by atoms with Gasteiger partial charge in [0.15, 0.2) is 12.2 Å². The molecule has 87 heavy (non-hydrogen) atoms. The fourth-order valence-corrected chi connectivity index (χ4v) is 11.7. The number of aliphatic hydroxyl groups is 1. The van der Waals surface area contributed by atoms with Crippen LogP contribution in [0, 0.1) is 23.7 Å². The second-order valence-corrected chi connectivity index (χ2v) is 29.4. The van der Waals surface area contributed by atoms with Crippen molar-refractivity contribution in [2.45, 2.75) is 350 Å². The SMILES string of the molecule is CC(C)CCCCCCCCCCCCCC(=O)O[C@H](COC(=O)CCCCCCCCCC(C)C)COP(=O)(O)OCC(O)COP(=O)(O)OC[C@@H](COC(=O)CCCCCCCCC(C)C)OC(=O)CCCCCCCCCCCCCC(C)C. The monoisotopic (exact) mass is 1280 g/mol. The molecule has 0 amide bonds. The molecule has 0 saturated heterocycles. The third kappa shape index (κ3) is 62.6. The highest BCUT2D eigenvalue weighted by atomic mass is 31.2. The maximum Gasteiger partial charge on any atom is 0.472 e. The van der Waals surface area contributed by atoms with Gasteiger partial charge < -0.3 is 33.8 Å². The molecule has 0 aromatic rings. The van der Waals surface area contributed by atoms with Gasteiger partial charge in [0, 0.05) is 25.7 Å². The number of unbranched alkanes of at least 4 members (excludes halogenated alkanes) is 31. The van der Waals surface area contributed by atoms with Crippen LogP contribution in [0.1, 0.15) is 331 Å². The van der Waals surface area contributed by atoms with Crippen LogP contribution in [-0.4, -0.2) is 96.7 Å². The van der Waals surface area contributed by atoms with E-state index in [4.69, 9.17) is 37.0 Å². The summed E-state index contributed by atoms with van der Waals surface area (Å²) in [5.41, 5.74) is 0. The maximum atomic E-state index is 13.0. The summed E-state index contributed by atoms with van der Waals surface area (Å²) in [7, 11) is -9.90. The van der Waals surface area contributed by atoms with E-state index in [0.717, 1.165) is 115 Å². The summed E-state index contributed by atoms with van der Waals surface area (Å²) < 4.78 is 68.2. The Morgan fingerprint density at radius 3 is 0.713 bits per heavy atom. The number of aliphatic hydroxyl groups excluding tert-OH is 1. The Kier molecular flexibility index (Phi) is 56.6. The standard InChI is InChI=1S/C68H132O17P2/c1-58(2)44-36-28-20-15-11-9-13-17-23-34-42-50-67(72)84-63(54-78-65(70)48-40-32-25-19-22-30-38-46-60(5)6)56-82-86(74,75)80-52-62(69)53-81-87(76,77)83-57-64(55-79-66(71)49-41-33-27-26-31-39-47-61(7)8)85-68(73)51-43-35-24-18-14-10-12-16-21-29-37-45-59(3)4/h58-64,69H,9-57H2,1-8H3,(H,74,75)(H,76,77)/t62?,63-,64-/m1/s1. The first kappa shape index (κ1) is 85.1. The highest BCUT2D eigenvalue weighted by Gasteiger charge is 2.30. The number of carbonyl (C=O) groups excluding carboxylic acids is 4. The summed E-state index contributed by atoms with van der Waals surface area (Å²) in [6.45, 7) is 14.0. The van der Waals surface area contributed by atoms with Crippen LogP contribution in [0.25, 0.3) is 0 Å². The quantitative estimate of drug-likeness (QED) is 0.0222. The fraction of sp³-hybridized carbons (Fsp3) is 0.941. The number of hydrogen-bond acceptors (Lipinski definition) is 15. The molecule has 0 aromatic heterocycles. The van der Waals surface area contributed by atoms with Gasteiger partial charge in [0.05, 0.1) is 26.4 Å². The third-order valence-electron chi connectivity index (χ3n) is 15.6. The molecule has 0 aliphatic rings. The maximum absolute atomic E-state index is 13.0. The molecule has 0 radical (unpaired) electrons. The lowest BCUT2D eigenvalue weighted by molar-refractivity contribution is -0.161. The number of hydrogen-bond donors (Lipinski definition) is 3. The molecule has 0 aliphatic carbocycles. The Hall–Kier alpha value is -1.94. The molecule has 0 aliphatic heterocycles. The van der Waals surface area contributed by atoms with Crippen LogP contribution in [0.2, 0.25) is 0 Å². The molecule has 0 bridgehead atoms. The molecular formula is C68H132O17P2. The van der Waals surface area contributed by atoms with E-state index in [9.17, 15) is 43.2 Å². The number of phosphoric acid groups is 2. The molecule has 0 rings (SSSR count). The summed E-state index contributed by atoms with van der Waals surface area (Å²) in [6.07, 6.45) is 39.1. The lowest BCUT2D eigenvalue weighted by Gasteiger charge is -2.21. The van der Waals surface area contributed by atoms with Crippen molar-refractivity contribution in [3.8, 4) is 0 Å². The van der Waals surface area contributed by atoms with Gasteiger partial charge >= 0.3 is 39.5 Å². The molecule has 3 N–H and O–H groups in total. The predicted molar refractivity (Wildman–Crippen MR) is 349 cm³/mol. The van der Waals surface area contributed by atoms with Gasteiger partial charge in [-0.1, -0.05) is 280 Å². The van der Waals surface area contributed by atoms with E-state index in [1.54, 1.807) is 0 Å². The topological polar surface area (TPSA) is 237 Å². The summed E-state index contributed by atoms with van der Waals surface area (Å²) >= 11 is 0. The van der Waals surface area contributed by atoms with Crippen LogP contribution in [-0.2, 0) is 65.4 Å². The first-order valence-electron chi connectivity index (χ1n) is 35.2. The van der Waals surface area contributed by atoms with Crippen molar-refractivity contribution in [1.82, 2.24) is 0 Å². The molecule has 0 aromatic carbocycles. The van der Waals surface area contributed by atoms with Crippen molar-refractivity contribution in [1.29, 1.82) is 0 Å². The van der Waals surface area contributed by atoms with Gasteiger partial charge in [-0.15, -0.1) is 0 Å². The van der Waals surface area contributed by atoms with Crippen LogP contribution >= 0.6 is 15.6 Å². The summed E-state index contributed by atoms with van der Waals surface area (Å²) in [4.78, 5) is 72.4. The second kappa shape index (κ2) is 57.9. The van der Waals surface area contributed by atoms with E-state index in [-0.39, 0.29) is 25.7 Å². The second-order valence-electron chi connectivity index (χ2n) is 26.5. The number of rotatable bonds is 65. The Balaban J connectivity index is 5.24. The molecule has 0 spiro atoms. The molecule has 0 saturated carbocycles. The van der Waals surface area contributed by atoms with Gasteiger partial charge in [0.2, 0.25) is 0 Å². The minimum atomic E-state index is -4.95. The van der Waals surface area contributed by atoms with Gasteiger partial charge in [-0.3, -0.25) is 37.3 Å². The number of carbonyl (C=O) groups is 4. The largest absolute Gasteiger partial charge is 0.472 e. The third-order valence-corrected chi connectivity index (χ3v) is 17.5. The zero-order valence-electron chi connectivity index (χ0n) is 56.6. The van der Waals surface area contributed by atoms with E-state index >= 15 is 0 Å². The Labute approximate surface area is 530 Å². The predicted octanol–water partition coefficient (Wildman–Crippen LogP) is 18.9. The zero-order chi connectivity index (χ0) is 64.7. The highest BCUT2D eigenvalue weighted by Crippen LogP contribution is 2.45. The average Bonchev–Trinajstić information content (AvgIpc) is 3.67. The van der Waals surface area contributed by atoms with Crippen LogP contribution in [0.4, 0.5) is 0 Å². The number of phosphoric ester groups is 2. The van der Waals surface area contributed by atoms with Crippen molar-refractivity contribution in [2.24, 2.45) is 23.7 Å². The van der Waals surface area contributed by atoms with E-state index < -0.39 is 97.5 Å². The first-order chi connectivity index (χ1) is 41.6. The van der Waals surface area contributed by atoms with Crippen molar-refractivity contribution >= 4 is 39.5 Å². The normalized spacial score (nSPS) is 14.3. The van der Waals surface area contributed by atoms with Crippen molar-refractivity contribution in [3.63, 3.8) is 0 Å². The molecule has 0 fully saturated rings. The lowest BCUT2D eigenvalue weighted by atomic mass is 10.0. The van der Waals surface area contributed by atoms with E-state index in [2.05, 4.69) is 55.4 Å². The van der Waals surface area contributed by atoms with Gasteiger partial charge in [-0.25, -0.2) is 9.13 Å². The van der Waals surface area contributed by atoms with Gasteiger partial charge in [0.1, 0.15) is 19.3 Å². The van der Waals surface area contributed by atoms with Crippen molar-refractivity contribution in [3.05, 3.63) is 0 Å². The number of ether oxygens (including phenoxy) is 4. The van der Waals surface area contributed by atoms with Crippen LogP contribution in [0.3, 0.4) is 0 Å². The van der Waals surface area contributed by atoms with E-state index in [0.29, 0.717) is 37.5 Å². The molecule has 3 unspecified atom stereocenters. The smallest absolute Gasteiger partial charge is 0.462 e. The van der Waals surface area contributed by atoms with Gasteiger partial charge in [-0.2, -0.15) is 0 Å². The van der Waals surface area contributed by atoms with Gasteiger partial charge in [-0.05, 0) is 49.4 Å².